The number of pyridine rings is 1. The number of nitrogens with zero attached hydrogens (tertiary/aromatic N) is 2. The number of carboxylic acids is 2. The smallest absolute Gasteiger partial charge is 0.481 e. The third kappa shape index (κ3) is 14.2. The highest BCUT2D eigenvalue weighted by atomic mass is 35.5. The van der Waals surface area contributed by atoms with Crippen LogP contribution in [0.15, 0.2) is 36.5 Å². The Hall–Kier alpha value is -4.47. The van der Waals surface area contributed by atoms with Crippen molar-refractivity contribution in [3.8, 4) is 0 Å². The number of hydrogen-bond donors (Lipinski definition) is 5. The van der Waals surface area contributed by atoms with E-state index >= 15 is 0 Å². The summed E-state index contributed by atoms with van der Waals surface area (Å²) in [6.07, 6.45) is -1.28. The van der Waals surface area contributed by atoms with E-state index in [0.717, 1.165) is 36.8 Å². The first-order valence-electron chi connectivity index (χ1n) is 12.3. The highest BCUT2D eigenvalue weighted by Crippen LogP contribution is 2.29. The van der Waals surface area contributed by atoms with Crippen molar-refractivity contribution in [2.24, 2.45) is 0 Å². The molecule has 13 nitrogen and oxygen atoms in total. The highest BCUT2D eigenvalue weighted by Gasteiger charge is 2.38. The van der Waals surface area contributed by atoms with E-state index in [4.69, 9.17) is 26.6 Å². The topological polar surface area (TPSA) is 201 Å². The molecule has 0 saturated carbocycles. The number of amides is 2. The standard InChI is InChI=1S/C23H28ClN5O6.C2HF3O2/c1-15-8-10-26-20(11-15)25-9-4-2-3-5-21(30)27-14-22(31)28-18(13-23(32)33)16-6-7-17(24)19(12-16)29(34)35;3-2(4,5)1(6)7/h6-8,10-12,18H,2-5,9,13-14H2,1H3,(H,25,26)(H,27,30)(H,28,31)(H,32,33);(H,6,7). The molecule has 1 unspecified atom stereocenters. The van der Waals surface area contributed by atoms with Gasteiger partial charge in [0.2, 0.25) is 11.8 Å². The van der Waals surface area contributed by atoms with Crippen molar-refractivity contribution in [2.75, 3.05) is 18.4 Å². The van der Waals surface area contributed by atoms with Gasteiger partial charge in [0.05, 0.1) is 23.9 Å². The van der Waals surface area contributed by atoms with Crippen LogP contribution in [0, 0.1) is 17.0 Å². The first kappa shape index (κ1) is 35.6. The van der Waals surface area contributed by atoms with E-state index in [9.17, 15) is 37.7 Å². The quantitative estimate of drug-likeness (QED) is 0.117. The molecule has 5 N–H and O–H groups in total. The summed E-state index contributed by atoms with van der Waals surface area (Å²) in [5, 5.41) is 35.5. The van der Waals surface area contributed by atoms with E-state index in [-0.39, 0.29) is 29.5 Å². The molecule has 1 aromatic carbocycles. The number of alkyl halides is 3. The van der Waals surface area contributed by atoms with Crippen LogP contribution in [0.1, 0.15) is 49.3 Å². The molecule has 0 radical (unpaired) electrons. The van der Waals surface area contributed by atoms with Gasteiger partial charge in [-0.25, -0.2) is 9.78 Å². The number of carbonyl (C=O) groups excluding carboxylic acids is 2. The van der Waals surface area contributed by atoms with Gasteiger partial charge in [0.25, 0.3) is 5.69 Å². The van der Waals surface area contributed by atoms with Crippen molar-refractivity contribution < 1.29 is 47.5 Å². The first-order chi connectivity index (χ1) is 19.6. The van der Waals surface area contributed by atoms with Gasteiger partial charge in [-0.2, -0.15) is 13.2 Å². The lowest BCUT2D eigenvalue weighted by Gasteiger charge is -2.18. The van der Waals surface area contributed by atoms with Crippen LogP contribution in [0.4, 0.5) is 24.7 Å². The second-order valence-electron chi connectivity index (χ2n) is 8.72. The molecule has 0 bridgehead atoms. The van der Waals surface area contributed by atoms with Crippen molar-refractivity contribution in [1.29, 1.82) is 0 Å². The number of rotatable bonds is 14. The lowest BCUT2D eigenvalue weighted by molar-refractivity contribution is -0.384. The van der Waals surface area contributed by atoms with Crippen LogP contribution in [-0.4, -0.2) is 63.1 Å². The maximum atomic E-state index is 12.3. The molecule has 2 aromatic rings. The fraction of sp³-hybridized carbons (Fsp3) is 0.400. The summed E-state index contributed by atoms with van der Waals surface area (Å²) in [4.78, 5) is 59.0. The predicted octanol–water partition coefficient (Wildman–Crippen LogP) is 4.01. The van der Waals surface area contributed by atoms with Gasteiger partial charge in [-0.05, 0) is 49.1 Å². The van der Waals surface area contributed by atoms with Gasteiger partial charge in [-0.1, -0.05) is 24.1 Å². The van der Waals surface area contributed by atoms with Gasteiger partial charge in [0.15, 0.2) is 0 Å². The molecule has 0 saturated heterocycles. The molecule has 0 aliphatic carbocycles. The Labute approximate surface area is 242 Å². The van der Waals surface area contributed by atoms with Gasteiger partial charge >= 0.3 is 18.1 Å². The summed E-state index contributed by atoms with van der Waals surface area (Å²) in [6.45, 7) is 2.38. The third-order valence-corrected chi connectivity index (χ3v) is 5.59. The first-order valence-corrected chi connectivity index (χ1v) is 12.7. The minimum absolute atomic E-state index is 0.103. The number of nitro groups is 1. The number of benzene rings is 1. The number of anilines is 1. The van der Waals surface area contributed by atoms with Crippen LogP contribution < -0.4 is 16.0 Å². The summed E-state index contributed by atoms with van der Waals surface area (Å²) < 4.78 is 31.7. The maximum Gasteiger partial charge on any atom is 0.490 e. The molecular weight excluding hydrogens is 591 g/mol. The second kappa shape index (κ2) is 17.4. The fourth-order valence-electron chi connectivity index (χ4n) is 3.26. The van der Waals surface area contributed by atoms with E-state index in [2.05, 4.69) is 20.9 Å². The number of nitro benzene ring substituents is 1. The third-order valence-electron chi connectivity index (χ3n) is 5.27. The zero-order chi connectivity index (χ0) is 31.9. The minimum atomic E-state index is -5.08. The van der Waals surface area contributed by atoms with Crippen molar-refractivity contribution >= 4 is 46.9 Å². The number of carbonyl (C=O) groups is 4. The molecule has 0 spiro atoms. The molecule has 0 fully saturated rings. The highest BCUT2D eigenvalue weighted by molar-refractivity contribution is 6.32. The molecule has 230 valence electrons. The lowest BCUT2D eigenvalue weighted by atomic mass is 10.0. The van der Waals surface area contributed by atoms with Crippen molar-refractivity contribution in [2.45, 2.75) is 51.2 Å². The fourth-order valence-corrected chi connectivity index (χ4v) is 3.45. The largest absolute Gasteiger partial charge is 0.490 e. The number of carboxylic acid groups (broad SMARTS) is 2. The molecular formula is C25H29ClF3N5O8. The summed E-state index contributed by atoms with van der Waals surface area (Å²) in [5.74, 6) is -4.07. The van der Waals surface area contributed by atoms with E-state index in [1.165, 1.54) is 12.1 Å². The van der Waals surface area contributed by atoms with Gasteiger partial charge in [0, 0.05) is 25.2 Å². The average Bonchev–Trinajstić information content (AvgIpc) is 2.89. The Morgan fingerprint density at radius 3 is 2.31 bits per heavy atom. The number of hydrogen-bond acceptors (Lipinski definition) is 8. The van der Waals surface area contributed by atoms with Gasteiger partial charge in [-0.15, -0.1) is 0 Å². The Morgan fingerprint density at radius 2 is 1.74 bits per heavy atom. The second-order valence-corrected chi connectivity index (χ2v) is 9.13. The number of aryl methyl sites for hydroxylation is 1. The van der Waals surface area contributed by atoms with E-state index in [1.807, 2.05) is 19.1 Å². The zero-order valence-electron chi connectivity index (χ0n) is 22.2. The summed E-state index contributed by atoms with van der Waals surface area (Å²) in [7, 11) is 0. The molecule has 1 heterocycles. The van der Waals surface area contributed by atoms with Crippen LogP contribution in [0.3, 0.4) is 0 Å². The van der Waals surface area contributed by atoms with Crippen molar-refractivity contribution in [3.05, 3.63) is 62.8 Å². The van der Waals surface area contributed by atoms with Crippen LogP contribution in [0.2, 0.25) is 5.02 Å². The van der Waals surface area contributed by atoms with Crippen LogP contribution in [0.25, 0.3) is 0 Å². The molecule has 2 rings (SSSR count). The Kier molecular flexibility index (Phi) is 14.7. The summed E-state index contributed by atoms with van der Waals surface area (Å²) >= 11 is 5.80. The van der Waals surface area contributed by atoms with Crippen LogP contribution in [0.5, 0.6) is 0 Å². The van der Waals surface area contributed by atoms with Gasteiger partial charge < -0.3 is 26.2 Å². The number of aliphatic carboxylic acids is 2. The Morgan fingerprint density at radius 1 is 1.07 bits per heavy atom. The minimum Gasteiger partial charge on any atom is -0.481 e. The van der Waals surface area contributed by atoms with E-state index < -0.39 is 47.1 Å². The SMILES string of the molecule is Cc1ccnc(NCCCCCC(=O)NCC(=O)NC(CC(=O)O)c2ccc(Cl)c([N+](=O)[O-])c2)c1.O=C(O)C(F)(F)F. The normalized spacial score (nSPS) is 11.4. The Balaban J connectivity index is 0.00000112. The van der Waals surface area contributed by atoms with Gasteiger partial charge in [-0.3, -0.25) is 24.5 Å². The Bertz CT molecular complexity index is 1260. The summed E-state index contributed by atoms with van der Waals surface area (Å²) in [5.41, 5.74) is 0.942. The number of nitrogens with one attached hydrogen (secondary N) is 3. The van der Waals surface area contributed by atoms with E-state index in [0.29, 0.717) is 6.42 Å². The number of halogens is 4. The van der Waals surface area contributed by atoms with E-state index in [1.54, 1.807) is 6.20 Å². The predicted molar refractivity (Wildman–Crippen MR) is 144 cm³/mol. The molecule has 42 heavy (non-hydrogen) atoms. The van der Waals surface area contributed by atoms with Gasteiger partial charge in [0.1, 0.15) is 10.8 Å². The average molecular weight is 620 g/mol. The molecule has 1 aromatic heterocycles. The van der Waals surface area contributed by atoms with Crippen molar-refractivity contribution in [3.63, 3.8) is 0 Å². The monoisotopic (exact) mass is 619 g/mol. The molecule has 17 heteroatoms. The molecule has 0 aliphatic rings. The molecule has 2 amide bonds. The lowest BCUT2D eigenvalue weighted by Crippen LogP contribution is -2.39. The zero-order valence-corrected chi connectivity index (χ0v) is 23.0. The molecule has 0 aliphatic heterocycles. The van der Waals surface area contributed by atoms with Crippen molar-refractivity contribution in [1.82, 2.24) is 15.6 Å². The molecule has 1 atom stereocenters. The van der Waals surface area contributed by atoms with Crippen LogP contribution in [-0.2, 0) is 19.2 Å². The van der Waals surface area contributed by atoms with Crippen LogP contribution >= 0.6 is 11.6 Å². The number of aromatic nitrogens is 1. The summed E-state index contributed by atoms with van der Waals surface area (Å²) in [6, 6.07) is 6.64. The maximum absolute atomic E-state index is 12.3. The number of unbranched alkanes of at least 4 members (excludes halogenated alkanes) is 2.